The number of nitrogens with zero attached hydrogens (tertiary/aromatic N) is 2. The second-order valence-electron chi connectivity index (χ2n) is 3.85. The molecule has 0 saturated heterocycles. The molecule has 1 aromatic carbocycles. The molecule has 0 radical (unpaired) electrons. The van der Waals surface area contributed by atoms with E-state index in [0.29, 0.717) is 15.2 Å². The molecule has 94 valence electrons. The number of benzene rings is 1. The average Bonchev–Trinajstić information content (AvgIpc) is 2.34. The summed E-state index contributed by atoms with van der Waals surface area (Å²) in [7, 11) is 0. The predicted molar refractivity (Wildman–Crippen MR) is 76.6 cm³/mol. The van der Waals surface area contributed by atoms with E-state index in [1.54, 1.807) is 6.07 Å². The Morgan fingerprint density at radius 1 is 1.11 bits per heavy atom. The Morgan fingerprint density at radius 2 is 1.83 bits per heavy atom. The van der Waals surface area contributed by atoms with Gasteiger partial charge in [-0.3, -0.25) is 0 Å². The van der Waals surface area contributed by atoms with E-state index in [4.69, 9.17) is 34.8 Å². The second-order valence-corrected chi connectivity index (χ2v) is 4.99. The Bertz CT molecular complexity index is 597. The minimum atomic E-state index is 0.442. The van der Waals surface area contributed by atoms with Crippen molar-refractivity contribution in [3.63, 3.8) is 0 Å². The molecule has 0 atom stereocenters. The highest BCUT2D eigenvalue weighted by Crippen LogP contribution is 2.34. The molecule has 0 aliphatic carbocycles. The van der Waals surface area contributed by atoms with Gasteiger partial charge in [-0.25, -0.2) is 9.97 Å². The highest BCUT2D eigenvalue weighted by Gasteiger charge is 2.14. The molecule has 5 heteroatoms. The van der Waals surface area contributed by atoms with Gasteiger partial charge in [0.15, 0.2) is 5.15 Å². The van der Waals surface area contributed by atoms with E-state index in [-0.39, 0.29) is 0 Å². The lowest BCUT2D eigenvalue weighted by Gasteiger charge is -2.10. The van der Waals surface area contributed by atoms with Crippen molar-refractivity contribution >= 4 is 34.8 Å². The summed E-state index contributed by atoms with van der Waals surface area (Å²) in [5.74, 6) is 0. The van der Waals surface area contributed by atoms with Gasteiger partial charge < -0.3 is 0 Å². The van der Waals surface area contributed by atoms with E-state index in [9.17, 15) is 0 Å². The largest absolute Gasteiger partial charge is 0.248 e. The maximum atomic E-state index is 6.20. The van der Waals surface area contributed by atoms with Gasteiger partial charge in [-0.15, -0.1) is 0 Å². The van der Waals surface area contributed by atoms with Crippen molar-refractivity contribution in [1.82, 2.24) is 9.97 Å². The molecule has 0 amide bonds. The fourth-order valence-corrected chi connectivity index (χ4v) is 2.39. The lowest BCUT2D eigenvalue weighted by Crippen LogP contribution is -1.99. The molecular formula is C13H11Cl3N2. The summed E-state index contributed by atoms with van der Waals surface area (Å²) in [4.78, 5) is 8.82. The van der Waals surface area contributed by atoms with Crippen LogP contribution in [-0.2, 0) is 6.42 Å². The topological polar surface area (TPSA) is 25.8 Å². The SMILES string of the molecule is CCc1nc(-c2cccc(Cl)c2Cl)c(C)nc1Cl. The Balaban J connectivity index is 2.67. The first-order chi connectivity index (χ1) is 8.54. The summed E-state index contributed by atoms with van der Waals surface area (Å²) in [6.45, 7) is 3.83. The first-order valence-electron chi connectivity index (χ1n) is 5.52. The van der Waals surface area contributed by atoms with Crippen LogP contribution in [0, 0.1) is 6.92 Å². The van der Waals surface area contributed by atoms with E-state index >= 15 is 0 Å². The van der Waals surface area contributed by atoms with Crippen molar-refractivity contribution in [2.45, 2.75) is 20.3 Å². The Morgan fingerprint density at radius 3 is 2.50 bits per heavy atom. The lowest BCUT2D eigenvalue weighted by atomic mass is 10.1. The minimum absolute atomic E-state index is 0.442. The average molecular weight is 302 g/mol. The Kier molecular flexibility index (Phi) is 4.10. The van der Waals surface area contributed by atoms with Crippen LogP contribution in [0.25, 0.3) is 11.3 Å². The maximum absolute atomic E-state index is 6.20. The molecule has 0 spiro atoms. The monoisotopic (exact) mass is 300 g/mol. The third-order valence-electron chi connectivity index (χ3n) is 2.64. The fraction of sp³-hybridized carbons (Fsp3) is 0.231. The van der Waals surface area contributed by atoms with Crippen LogP contribution in [0.4, 0.5) is 0 Å². The Hall–Kier alpha value is -0.830. The zero-order valence-electron chi connectivity index (χ0n) is 9.97. The molecule has 0 unspecified atom stereocenters. The first-order valence-corrected chi connectivity index (χ1v) is 6.65. The highest BCUT2D eigenvalue weighted by atomic mass is 35.5. The van der Waals surface area contributed by atoms with Gasteiger partial charge in [0.25, 0.3) is 0 Å². The zero-order valence-corrected chi connectivity index (χ0v) is 12.2. The molecule has 1 aromatic heterocycles. The summed E-state index contributed by atoms with van der Waals surface area (Å²) in [5, 5.41) is 1.43. The van der Waals surface area contributed by atoms with Gasteiger partial charge in [0.05, 0.1) is 27.1 Å². The summed E-state index contributed by atoms with van der Waals surface area (Å²) < 4.78 is 0. The van der Waals surface area contributed by atoms with Crippen LogP contribution >= 0.6 is 34.8 Å². The molecule has 0 saturated carbocycles. The van der Waals surface area contributed by atoms with E-state index in [0.717, 1.165) is 29.1 Å². The summed E-state index contributed by atoms with van der Waals surface area (Å²) in [5.41, 5.74) is 3.00. The van der Waals surface area contributed by atoms with Gasteiger partial charge in [-0.05, 0) is 19.4 Å². The molecule has 1 heterocycles. The van der Waals surface area contributed by atoms with Gasteiger partial charge in [-0.2, -0.15) is 0 Å². The molecule has 0 N–H and O–H groups in total. The highest BCUT2D eigenvalue weighted by molar-refractivity contribution is 6.43. The molecule has 2 aromatic rings. The van der Waals surface area contributed by atoms with Crippen LogP contribution < -0.4 is 0 Å². The summed E-state index contributed by atoms with van der Waals surface area (Å²) >= 11 is 18.2. The van der Waals surface area contributed by atoms with Crippen molar-refractivity contribution in [2.24, 2.45) is 0 Å². The lowest BCUT2D eigenvalue weighted by molar-refractivity contribution is 0.983. The molecule has 2 rings (SSSR count). The van der Waals surface area contributed by atoms with Crippen molar-refractivity contribution in [3.8, 4) is 11.3 Å². The normalized spacial score (nSPS) is 10.7. The maximum Gasteiger partial charge on any atom is 0.150 e. The first kappa shape index (κ1) is 13.6. The van der Waals surface area contributed by atoms with Crippen LogP contribution in [0.2, 0.25) is 15.2 Å². The van der Waals surface area contributed by atoms with Crippen molar-refractivity contribution in [3.05, 3.63) is 44.8 Å². The quantitative estimate of drug-likeness (QED) is 0.782. The number of hydrogen-bond acceptors (Lipinski definition) is 2. The molecule has 2 nitrogen and oxygen atoms in total. The summed E-state index contributed by atoms with van der Waals surface area (Å²) in [6.07, 6.45) is 0.720. The molecule has 0 bridgehead atoms. The van der Waals surface area contributed by atoms with E-state index in [1.807, 2.05) is 26.0 Å². The van der Waals surface area contributed by atoms with Crippen LogP contribution in [0.3, 0.4) is 0 Å². The fourth-order valence-electron chi connectivity index (χ4n) is 1.69. The molecule has 0 fully saturated rings. The van der Waals surface area contributed by atoms with Crippen LogP contribution in [0.15, 0.2) is 18.2 Å². The van der Waals surface area contributed by atoms with Crippen LogP contribution in [0.5, 0.6) is 0 Å². The zero-order chi connectivity index (χ0) is 13.3. The molecule has 18 heavy (non-hydrogen) atoms. The summed E-state index contributed by atoms with van der Waals surface area (Å²) in [6, 6.07) is 5.45. The van der Waals surface area contributed by atoms with E-state index in [1.165, 1.54) is 0 Å². The van der Waals surface area contributed by atoms with Gasteiger partial charge in [0.2, 0.25) is 0 Å². The van der Waals surface area contributed by atoms with Gasteiger partial charge in [0, 0.05) is 5.56 Å². The predicted octanol–water partition coefficient (Wildman–Crippen LogP) is 4.97. The Labute approximate surface area is 121 Å². The number of hydrogen-bond donors (Lipinski definition) is 0. The van der Waals surface area contributed by atoms with Gasteiger partial charge >= 0.3 is 0 Å². The smallest absolute Gasteiger partial charge is 0.150 e. The van der Waals surface area contributed by atoms with E-state index in [2.05, 4.69) is 9.97 Å². The molecular weight excluding hydrogens is 291 g/mol. The number of aromatic nitrogens is 2. The van der Waals surface area contributed by atoms with Crippen LogP contribution in [0.1, 0.15) is 18.3 Å². The second kappa shape index (κ2) is 5.43. The standard InChI is InChI=1S/C13H11Cl3N2/c1-3-10-13(16)17-7(2)12(18-10)8-5-4-6-9(14)11(8)15/h4-6H,3H2,1-2H3. The molecule has 0 aliphatic heterocycles. The number of aryl methyl sites for hydroxylation is 2. The van der Waals surface area contributed by atoms with Gasteiger partial charge in [0.1, 0.15) is 0 Å². The third kappa shape index (κ3) is 2.46. The number of halogens is 3. The minimum Gasteiger partial charge on any atom is -0.248 e. The number of rotatable bonds is 2. The van der Waals surface area contributed by atoms with Crippen molar-refractivity contribution in [1.29, 1.82) is 0 Å². The van der Waals surface area contributed by atoms with E-state index < -0.39 is 0 Å². The van der Waals surface area contributed by atoms with Crippen molar-refractivity contribution < 1.29 is 0 Å². The van der Waals surface area contributed by atoms with Gasteiger partial charge in [-0.1, -0.05) is 53.9 Å². The van der Waals surface area contributed by atoms with Crippen LogP contribution in [-0.4, -0.2) is 9.97 Å². The molecule has 0 aliphatic rings. The van der Waals surface area contributed by atoms with Crippen molar-refractivity contribution in [2.75, 3.05) is 0 Å². The third-order valence-corrected chi connectivity index (χ3v) is 3.76.